The summed E-state index contributed by atoms with van der Waals surface area (Å²) in [6, 6.07) is 12.2. The van der Waals surface area contributed by atoms with E-state index in [-0.39, 0.29) is 42.0 Å². The van der Waals surface area contributed by atoms with Crippen molar-refractivity contribution in [3.63, 3.8) is 0 Å². The van der Waals surface area contributed by atoms with Crippen LogP contribution in [0.4, 0.5) is 0 Å². The van der Waals surface area contributed by atoms with Crippen molar-refractivity contribution < 1.29 is 34.7 Å². The summed E-state index contributed by atoms with van der Waals surface area (Å²) in [5.74, 6) is 0. The molecule has 84 valence electrons. The molecule has 0 saturated carbocycles. The second-order valence-electron chi connectivity index (χ2n) is 3.19. The van der Waals surface area contributed by atoms with Gasteiger partial charge in [0.1, 0.15) is 0 Å². The fourth-order valence-electron chi connectivity index (χ4n) is 1.34. The monoisotopic (exact) mass is 277 g/mol. The molecule has 0 radical (unpaired) electrons. The molecule has 0 N–H and O–H groups in total. The SMILES string of the molecule is Cl.[Na+].[O-][C@@H](c1ccc(Cl)cc1)c1ccccn1. The molecule has 1 aromatic carbocycles. The van der Waals surface area contributed by atoms with Gasteiger partial charge in [0, 0.05) is 16.9 Å². The largest absolute Gasteiger partial charge is 1.00 e. The first-order valence-corrected chi connectivity index (χ1v) is 4.97. The van der Waals surface area contributed by atoms with Crippen LogP contribution in [-0.2, 0) is 0 Å². The van der Waals surface area contributed by atoms with Crippen molar-refractivity contribution in [2.24, 2.45) is 0 Å². The Bertz CT molecular complexity index is 436. The van der Waals surface area contributed by atoms with Crippen molar-refractivity contribution in [1.29, 1.82) is 0 Å². The zero-order chi connectivity index (χ0) is 10.7. The van der Waals surface area contributed by atoms with Crippen LogP contribution in [0.1, 0.15) is 17.4 Å². The molecule has 5 heteroatoms. The standard InChI is InChI=1S/C12H9ClNO.ClH.Na/c13-10-6-4-9(5-7-10)12(15)11-3-1-2-8-14-11;;/h1-8,12H;1H;/q-1;;+1/t12-;;/m0../s1. The van der Waals surface area contributed by atoms with E-state index in [0.29, 0.717) is 16.3 Å². The van der Waals surface area contributed by atoms with Gasteiger partial charge in [0.15, 0.2) is 0 Å². The summed E-state index contributed by atoms with van der Waals surface area (Å²) >= 11 is 5.74. The van der Waals surface area contributed by atoms with Crippen LogP contribution in [0.15, 0.2) is 48.7 Å². The average molecular weight is 278 g/mol. The Kier molecular flexibility index (Phi) is 8.05. The van der Waals surface area contributed by atoms with E-state index in [1.165, 1.54) is 0 Å². The summed E-state index contributed by atoms with van der Waals surface area (Å²) in [5, 5.41) is 12.6. The van der Waals surface area contributed by atoms with Crippen LogP contribution in [0.5, 0.6) is 0 Å². The van der Waals surface area contributed by atoms with Gasteiger partial charge in [-0.05, 0) is 24.3 Å². The summed E-state index contributed by atoms with van der Waals surface area (Å²) in [6.45, 7) is 0. The van der Waals surface area contributed by atoms with Gasteiger partial charge in [-0.25, -0.2) is 0 Å². The molecule has 0 aliphatic heterocycles. The van der Waals surface area contributed by atoms with Crippen LogP contribution in [0.25, 0.3) is 0 Å². The van der Waals surface area contributed by atoms with Crippen molar-refractivity contribution in [1.82, 2.24) is 4.98 Å². The maximum Gasteiger partial charge on any atom is 1.00 e. The van der Waals surface area contributed by atoms with E-state index in [1.54, 1.807) is 42.6 Å². The molecular formula is C12H10Cl2NNaO. The van der Waals surface area contributed by atoms with Gasteiger partial charge in [-0.2, -0.15) is 0 Å². The zero-order valence-corrected chi connectivity index (χ0v) is 12.9. The van der Waals surface area contributed by atoms with Gasteiger partial charge in [-0.3, -0.25) is 4.98 Å². The van der Waals surface area contributed by atoms with E-state index in [0.717, 1.165) is 0 Å². The molecule has 0 aliphatic carbocycles. The molecule has 0 bridgehead atoms. The Morgan fingerprint density at radius 2 is 1.71 bits per heavy atom. The van der Waals surface area contributed by atoms with Gasteiger partial charge in [0.05, 0.1) is 0 Å². The van der Waals surface area contributed by atoms with Crippen LogP contribution < -0.4 is 34.7 Å². The first-order valence-electron chi connectivity index (χ1n) is 4.59. The summed E-state index contributed by atoms with van der Waals surface area (Å²) in [6.07, 6.45) is 0.680. The maximum absolute atomic E-state index is 11.9. The third kappa shape index (κ3) is 4.59. The predicted octanol–water partition coefficient (Wildman–Crippen LogP) is -0.389. The topological polar surface area (TPSA) is 36.0 Å². The predicted molar refractivity (Wildman–Crippen MR) is 64.8 cm³/mol. The van der Waals surface area contributed by atoms with Gasteiger partial charge in [-0.1, -0.05) is 41.5 Å². The van der Waals surface area contributed by atoms with Gasteiger partial charge in [-0.15, -0.1) is 12.4 Å². The van der Waals surface area contributed by atoms with Crippen molar-refractivity contribution in [3.8, 4) is 0 Å². The molecule has 1 aromatic heterocycles. The summed E-state index contributed by atoms with van der Waals surface area (Å²) < 4.78 is 0. The summed E-state index contributed by atoms with van der Waals surface area (Å²) in [4.78, 5) is 4.03. The van der Waals surface area contributed by atoms with Gasteiger partial charge in [0.2, 0.25) is 0 Å². The Morgan fingerprint density at radius 1 is 1.06 bits per heavy atom. The molecule has 1 atom stereocenters. The minimum Gasteiger partial charge on any atom is -0.844 e. The van der Waals surface area contributed by atoms with E-state index >= 15 is 0 Å². The third-order valence-corrected chi connectivity index (χ3v) is 2.38. The second-order valence-corrected chi connectivity index (χ2v) is 3.62. The normalized spacial score (nSPS) is 10.9. The molecule has 0 amide bonds. The fraction of sp³-hybridized carbons (Fsp3) is 0.0833. The molecule has 2 nitrogen and oxygen atoms in total. The quantitative estimate of drug-likeness (QED) is 0.701. The van der Waals surface area contributed by atoms with Crippen molar-refractivity contribution in [2.75, 3.05) is 0 Å². The number of pyridine rings is 1. The Labute approximate surface area is 134 Å². The van der Waals surface area contributed by atoms with Gasteiger partial charge < -0.3 is 5.11 Å². The molecular weight excluding hydrogens is 268 g/mol. The van der Waals surface area contributed by atoms with Crippen LogP contribution >= 0.6 is 24.0 Å². The minimum atomic E-state index is -0.941. The van der Waals surface area contributed by atoms with Crippen LogP contribution in [0, 0.1) is 0 Å². The Balaban J connectivity index is 0.00000128. The molecule has 0 aliphatic rings. The molecule has 0 unspecified atom stereocenters. The molecule has 0 saturated heterocycles. The third-order valence-electron chi connectivity index (χ3n) is 2.13. The average Bonchev–Trinajstić information content (AvgIpc) is 2.30. The molecule has 0 spiro atoms. The maximum atomic E-state index is 11.9. The van der Waals surface area contributed by atoms with E-state index in [1.807, 2.05) is 6.07 Å². The van der Waals surface area contributed by atoms with Gasteiger partial charge in [0.25, 0.3) is 0 Å². The van der Waals surface area contributed by atoms with E-state index in [4.69, 9.17) is 11.6 Å². The first kappa shape index (κ1) is 16.9. The van der Waals surface area contributed by atoms with Crippen molar-refractivity contribution >= 4 is 24.0 Å². The van der Waals surface area contributed by atoms with E-state index in [9.17, 15) is 5.11 Å². The molecule has 0 fully saturated rings. The Hall–Kier alpha value is -0.0900. The number of hydrogen-bond donors (Lipinski definition) is 0. The molecule has 17 heavy (non-hydrogen) atoms. The number of rotatable bonds is 2. The number of aromatic nitrogens is 1. The van der Waals surface area contributed by atoms with E-state index < -0.39 is 6.10 Å². The van der Waals surface area contributed by atoms with Crippen LogP contribution in [-0.4, -0.2) is 4.98 Å². The fourth-order valence-corrected chi connectivity index (χ4v) is 1.47. The van der Waals surface area contributed by atoms with Crippen LogP contribution in [0.3, 0.4) is 0 Å². The van der Waals surface area contributed by atoms with Crippen molar-refractivity contribution in [2.45, 2.75) is 6.10 Å². The first-order chi connectivity index (χ1) is 7.27. The van der Waals surface area contributed by atoms with Gasteiger partial charge >= 0.3 is 29.6 Å². The Morgan fingerprint density at radius 3 is 2.24 bits per heavy atom. The van der Waals surface area contributed by atoms with Crippen LogP contribution in [0.2, 0.25) is 5.02 Å². The number of benzene rings is 1. The molecule has 2 aromatic rings. The number of nitrogens with zero attached hydrogens (tertiary/aromatic N) is 1. The number of hydrogen-bond acceptors (Lipinski definition) is 2. The minimum absolute atomic E-state index is 0. The smallest absolute Gasteiger partial charge is 0.844 e. The van der Waals surface area contributed by atoms with Crippen molar-refractivity contribution in [3.05, 3.63) is 64.9 Å². The molecule has 1 heterocycles. The second kappa shape index (κ2) is 8.09. The van der Waals surface area contributed by atoms with E-state index in [2.05, 4.69) is 4.98 Å². The summed E-state index contributed by atoms with van der Waals surface area (Å²) in [5.41, 5.74) is 1.21. The zero-order valence-electron chi connectivity index (χ0n) is 9.34. The number of halogens is 2. The molecule has 2 rings (SSSR count). The summed E-state index contributed by atoms with van der Waals surface area (Å²) in [7, 11) is 0.